The molecular weight excluding hydrogens is 278 g/mol. The lowest BCUT2D eigenvalue weighted by atomic mass is 10.2. The van der Waals surface area contributed by atoms with Gasteiger partial charge >= 0.3 is 0 Å². The number of rotatable bonds is 4. The summed E-state index contributed by atoms with van der Waals surface area (Å²) in [6.45, 7) is 3.82. The van der Waals surface area contributed by atoms with Crippen molar-refractivity contribution in [3.05, 3.63) is 59.2 Å². The molecule has 20 heavy (non-hydrogen) atoms. The maximum Gasteiger partial charge on any atom is 0.139 e. The molecule has 0 fully saturated rings. The van der Waals surface area contributed by atoms with Crippen LogP contribution in [-0.4, -0.2) is 4.21 Å². The molecule has 4 heteroatoms. The molecule has 0 aromatic heterocycles. The number of halogens is 2. The highest BCUT2D eigenvalue weighted by atomic mass is 32.2. The summed E-state index contributed by atoms with van der Waals surface area (Å²) in [4.78, 5) is 0.0377. The van der Waals surface area contributed by atoms with Crippen molar-refractivity contribution in [1.82, 2.24) is 0 Å². The Kier molecular flexibility index (Phi) is 4.65. The fraction of sp³-hybridized carbons (Fsp3) is 0.250. The fourth-order valence-electron chi connectivity index (χ4n) is 1.95. The summed E-state index contributed by atoms with van der Waals surface area (Å²) in [5.74, 6) is -1.11. The lowest BCUT2D eigenvalue weighted by molar-refractivity contribution is 0.582. The Hall–Kier alpha value is -1.55. The largest absolute Gasteiger partial charge is 0.249 e. The Morgan fingerprint density at radius 2 is 1.25 bits per heavy atom. The normalized spacial score (nSPS) is 11.1. The first-order valence-corrected chi connectivity index (χ1v) is 7.70. The van der Waals surface area contributed by atoms with Gasteiger partial charge in [0.05, 0.1) is 20.6 Å². The third-order valence-corrected chi connectivity index (χ3v) is 4.67. The number of aryl methyl sites for hydroxylation is 2. The summed E-state index contributed by atoms with van der Waals surface area (Å²) in [5.41, 5.74) is 1.65. The zero-order valence-corrected chi connectivity index (χ0v) is 12.3. The third-order valence-electron chi connectivity index (χ3n) is 3.21. The summed E-state index contributed by atoms with van der Waals surface area (Å²) in [6.07, 6.45) is 1.40. The van der Waals surface area contributed by atoms with E-state index in [1.807, 2.05) is 13.8 Å². The van der Waals surface area contributed by atoms with Gasteiger partial charge in [0.25, 0.3) is 0 Å². The Morgan fingerprint density at radius 1 is 0.850 bits per heavy atom. The minimum atomic E-state index is -1.84. The molecular formula is C16H16F2OS. The van der Waals surface area contributed by atoms with Gasteiger partial charge in [-0.3, -0.25) is 0 Å². The van der Waals surface area contributed by atoms with E-state index in [-0.39, 0.29) is 9.79 Å². The molecule has 0 amide bonds. The minimum absolute atomic E-state index is 0.0188. The van der Waals surface area contributed by atoms with Crippen LogP contribution in [0.4, 0.5) is 8.78 Å². The first-order valence-electron chi connectivity index (χ1n) is 6.55. The number of hydrogen-bond donors (Lipinski definition) is 0. The quantitative estimate of drug-likeness (QED) is 0.823. The number of benzene rings is 2. The maximum atomic E-state index is 13.9. The molecule has 0 atom stereocenters. The molecule has 2 rings (SSSR count). The summed E-state index contributed by atoms with van der Waals surface area (Å²) in [7, 11) is -1.84. The van der Waals surface area contributed by atoms with E-state index >= 15 is 0 Å². The molecule has 0 heterocycles. The van der Waals surface area contributed by atoms with Gasteiger partial charge in [-0.2, -0.15) is 0 Å². The van der Waals surface area contributed by atoms with Crippen LogP contribution in [0.1, 0.15) is 25.0 Å². The molecule has 2 aromatic rings. The molecule has 0 radical (unpaired) electrons. The van der Waals surface area contributed by atoms with E-state index in [1.165, 1.54) is 24.3 Å². The molecule has 2 aromatic carbocycles. The van der Waals surface area contributed by atoms with Gasteiger partial charge in [-0.05, 0) is 48.2 Å². The third kappa shape index (κ3) is 2.96. The van der Waals surface area contributed by atoms with E-state index in [0.717, 1.165) is 11.1 Å². The second kappa shape index (κ2) is 6.27. The molecule has 0 saturated heterocycles. The van der Waals surface area contributed by atoms with E-state index in [2.05, 4.69) is 0 Å². The highest BCUT2D eigenvalue weighted by molar-refractivity contribution is 7.85. The van der Waals surface area contributed by atoms with Crippen LogP contribution in [0, 0.1) is 11.6 Å². The molecule has 106 valence electrons. The van der Waals surface area contributed by atoms with Crippen molar-refractivity contribution in [2.75, 3.05) is 0 Å². The van der Waals surface area contributed by atoms with Gasteiger partial charge in [0, 0.05) is 0 Å². The van der Waals surface area contributed by atoms with Gasteiger partial charge < -0.3 is 0 Å². The molecule has 0 aliphatic heterocycles. The van der Waals surface area contributed by atoms with Gasteiger partial charge in [0.1, 0.15) is 11.6 Å². The van der Waals surface area contributed by atoms with E-state index in [4.69, 9.17) is 0 Å². The van der Waals surface area contributed by atoms with Crippen molar-refractivity contribution in [3.63, 3.8) is 0 Å². The maximum absolute atomic E-state index is 13.9. The number of hydrogen-bond acceptors (Lipinski definition) is 1. The zero-order chi connectivity index (χ0) is 14.7. The van der Waals surface area contributed by atoms with Crippen molar-refractivity contribution in [1.29, 1.82) is 0 Å². The molecule has 0 aliphatic carbocycles. The minimum Gasteiger partial charge on any atom is -0.249 e. The molecule has 0 bridgehead atoms. The van der Waals surface area contributed by atoms with Crippen molar-refractivity contribution in [2.24, 2.45) is 0 Å². The molecule has 0 spiro atoms. The van der Waals surface area contributed by atoms with Crippen LogP contribution in [0.5, 0.6) is 0 Å². The second-order valence-corrected chi connectivity index (χ2v) is 5.92. The van der Waals surface area contributed by atoms with Gasteiger partial charge in [0.15, 0.2) is 0 Å². The molecule has 0 N–H and O–H groups in total. The Bertz CT molecular complexity index is 597. The van der Waals surface area contributed by atoms with E-state index in [1.54, 1.807) is 12.1 Å². The van der Waals surface area contributed by atoms with E-state index in [9.17, 15) is 13.0 Å². The zero-order valence-electron chi connectivity index (χ0n) is 11.5. The van der Waals surface area contributed by atoms with Crippen LogP contribution < -0.4 is 0 Å². The Balaban J connectivity index is 2.41. The predicted molar refractivity (Wildman–Crippen MR) is 76.2 cm³/mol. The van der Waals surface area contributed by atoms with Crippen molar-refractivity contribution in [2.45, 2.75) is 36.5 Å². The smallest absolute Gasteiger partial charge is 0.139 e. The first-order chi connectivity index (χ1) is 9.56. The fourth-order valence-corrected chi connectivity index (χ4v) is 3.04. The Morgan fingerprint density at radius 3 is 1.55 bits per heavy atom. The van der Waals surface area contributed by atoms with Crippen molar-refractivity contribution >= 4 is 10.8 Å². The van der Waals surface area contributed by atoms with Crippen LogP contribution in [0.2, 0.25) is 0 Å². The first kappa shape index (κ1) is 14.9. The summed E-state index contributed by atoms with van der Waals surface area (Å²) < 4.78 is 40.2. The van der Waals surface area contributed by atoms with Crippen LogP contribution in [0.15, 0.2) is 46.2 Å². The molecule has 1 nitrogen and oxygen atoms in total. The van der Waals surface area contributed by atoms with E-state index in [0.29, 0.717) is 12.8 Å². The van der Waals surface area contributed by atoms with Crippen LogP contribution in [0.3, 0.4) is 0 Å². The lowest BCUT2D eigenvalue weighted by Crippen LogP contribution is -2.01. The summed E-state index contributed by atoms with van der Waals surface area (Å²) >= 11 is 0. The second-order valence-electron chi connectivity index (χ2n) is 4.51. The molecule has 0 saturated carbocycles. The molecule has 0 aliphatic rings. The standard InChI is InChI=1S/C16H16F2OS/c1-3-11-5-7-15(13(17)9-11)20(19)16-8-6-12(4-2)10-14(16)18/h5-10H,3-4H2,1-2H3. The van der Waals surface area contributed by atoms with Gasteiger partial charge in [-0.1, -0.05) is 26.0 Å². The highest BCUT2D eigenvalue weighted by Gasteiger charge is 2.16. The lowest BCUT2D eigenvalue weighted by Gasteiger charge is -2.07. The monoisotopic (exact) mass is 294 g/mol. The van der Waals surface area contributed by atoms with Crippen LogP contribution in [0.25, 0.3) is 0 Å². The van der Waals surface area contributed by atoms with Gasteiger partial charge in [-0.15, -0.1) is 0 Å². The SMILES string of the molecule is CCc1ccc(S(=O)c2ccc(CC)cc2F)c(F)c1. The van der Waals surface area contributed by atoms with Crippen molar-refractivity contribution in [3.8, 4) is 0 Å². The van der Waals surface area contributed by atoms with Gasteiger partial charge in [0.2, 0.25) is 0 Å². The average Bonchev–Trinajstić information content (AvgIpc) is 2.46. The summed E-state index contributed by atoms with van der Waals surface area (Å²) in [5, 5.41) is 0. The predicted octanol–water partition coefficient (Wildman–Crippen LogP) is 4.26. The van der Waals surface area contributed by atoms with Crippen molar-refractivity contribution < 1.29 is 13.0 Å². The average molecular weight is 294 g/mol. The van der Waals surface area contributed by atoms with Gasteiger partial charge in [-0.25, -0.2) is 13.0 Å². The van der Waals surface area contributed by atoms with Crippen LogP contribution >= 0.6 is 0 Å². The molecule has 0 unspecified atom stereocenters. The topological polar surface area (TPSA) is 17.1 Å². The Labute approximate surface area is 120 Å². The van der Waals surface area contributed by atoms with Crippen LogP contribution in [-0.2, 0) is 23.6 Å². The van der Waals surface area contributed by atoms with E-state index < -0.39 is 22.4 Å². The highest BCUT2D eigenvalue weighted by Crippen LogP contribution is 2.23. The summed E-state index contributed by atoms with van der Waals surface area (Å²) in [6, 6.07) is 9.08.